The maximum Gasteiger partial charge on any atom is 0.435 e. The number of likely N-dealkylation sites (tertiary alicyclic amines) is 1. The van der Waals surface area contributed by atoms with Crippen molar-refractivity contribution in [2.75, 3.05) is 13.1 Å². The number of hydrogen-bond donors (Lipinski definition) is 1. The lowest BCUT2D eigenvalue weighted by atomic mass is 9.81. The van der Waals surface area contributed by atoms with Crippen LogP contribution in [-0.4, -0.2) is 55.7 Å². The Hall–Kier alpha value is -3.23. The minimum atomic E-state index is -6.38. The van der Waals surface area contributed by atoms with E-state index in [-0.39, 0.29) is 68.7 Å². The van der Waals surface area contributed by atoms with Crippen molar-refractivity contribution in [2.24, 2.45) is 11.8 Å². The lowest BCUT2D eigenvalue weighted by Gasteiger charge is -2.35. The van der Waals surface area contributed by atoms with Gasteiger partial charge in [0.05, 0.1) is 10.8 Å². The molecule has 2 aromatic carbocycles. The second-order valence-corrected chi connectivity index (χ2v) is 13.9. The fourth-order valence-electron chi connectivity index (χ4n) is 6.46. The zero-order valence-electron chi connectivity index (χ0n) is 24.0. The first-order valence-corrected chi connectivity index (χ1v) is 15.8. The maximum atomic E-state index is 15.1. The molecule has 6 nitrogen and oxygen atoms in total. The Balaban J connectivity index is 1.85. The Bertz CT molecular complexity index is 1520. The van der Waals surface area contributed by atoms with Gasteiger partial charge in [-0.3, -0.25) is 9.59 Å². The monoisotopic (exact) mass is 669 g/mol. The average Bonchev–Trinajstić information content (AvgIpc) is 3.43. The SMILES string of the molecule is CCCc1cc(C(F)(C(F)(F)F)C(F)(F)F)ccc1[C@@]1(S(=O)(=O)c2ccc(F)cc2)CCN(C(=O)[C@H]2CC[C@H](C(=O)O)CC2)C1. The molecule has 2 fully saturated rings. The van der Waals surface area contributed by atoms with Crippen molar-refractivity contribution in [2.45, 2.75) is 79.5 Å². The van der Waals surface area contributed by atoms with Crippen LogP contribution in [0.15, 0.2) is 47.4 Å². The van der Waals surface area contributed by atoms with Crippen molar-refractivity contribution in [3.8, 4) is 0 Å². The van der Waals surface area contributed by atoms with Crippen LogP contribution in [0, 0.1) is 17.7 Å². The molecule has 0 unspecified atom stereocenters. The highest BCUT2D eigenvalue weighted by molar-refractivity contribution is 7.92. The minimum absolute atomic E-state index is 0.135. The summed E-state index contributed by atoms with van der Waals surface area (Å²) >= 11 is 0. The molecule has 0 spiro atoms. The summed E-state index contributed by atoms with van der Waals surface area (Å²) in [5.74, 6) is -3.46. The fourth-order valence-corrected chi connectivity index (χ4v) is 8.58. The molecule has 1 aliphatic carbocycles. The molecule has 2 aliphatic rings. The highest BCUT2D eigenvalue weighted by Crippen LogP contribution is 2.54. The van der Waals surface area contributed by atoms with Crippen molar-refractivity contribution in [1.29, 1.82) is 0 Å². The Morgan fingerprint density at radius 3 is 1.98 bits per heavy atom. The van der Waals surface area contributed by atoms with Gasteiger partial charge in [0.2, 0.25) is 5.91 Å². The van der Waals surface area contributed by atoms with Crippen LogP contribution >= 0.6 is 0 Å². The molecular formula is C30H31F8NO5S. The molecule has 4 rings (SSSR count). The third kappa shape index (κ3) is 6.03. The van der Waals surface area contributed by atoms with Gasteiger partial charge in [0.15, 0.2) is 9.84 Å². The van der Waals surface area contributed by atoms with Crippen molar-refractivity contribution in [3.63, 3.8) is 0 Å². The Labute approximate surface area is 254 Å². The number of aryl methyl sites for hydroxylation is 1. The Kier molecular flexibility index (Phi) is 9.37. The third-order valence-corrected chi connectivity index (χ3v) is 11.4. The van der Waals surface area contributed by atoms with Crippen LogP contribution in [0.1, 0.15) is 62.1 Å². The quantitative estimate of drug-likeness (QED) is 0.245. The van der Waals surface area contributed by atoms with Gasteiger partial charge in [-0.05, 0) is 73.9 Å². The molecule has 0 bridgehead atoms. The highest BCUT2D eigenvalue weighted by Gasteiger charge is 2.73. The third-order valence-electron chi connectivity index (χ3n) is 8.90. The standard InChI is InChI=1S/C30H31F8NO5S/c1-2-3-20-16-21(28(32,29(33,34)35)30(36,37)38)8-13-24(20)27(45(43,44)23-11-9-22(31)10-12-23)14-15-39(17-27)25(40)18-4-6-19(7-5-18)26(41)42/h8-13,16,18-19H,2-7,14-15,17H2,1H3,(H,41,42)/t18-,19-,27-/m1/s1. The summed E-state index contributed by atoms with van der Waals surface area (Å²) in [6.45, 7) is 0.870. The minimum Gasteiger partial charge on any atom is -0.481 e. The first kappa shape index (κ1) is 34.6. The molecule has 45 heavy (non-hydrogen) atoms. The first-order valence-electron chi connectivity index (χ1n) is 14.3. The van der Waals surface area contributed by atoms with Crippen molar-refractivity contribution in [3.05, 3.63) is 65.0 Å². The van der Waals surface area contributed by atoms with Gasteiger partial charge in [-0.25, -0.2) is 17.2 Å². The van der Waals surface area contributed by atoms with Crippen LogP contribution in [0.25, 0.3) is 0 Å². The second kappa shape index (κ2) is 12.2. The van der Waals surface area contributed by atoms with Gasteiger partial charge in [0.25, 0.3) is 0 Å². The van der Waals surface area contributed by atoms with E-state index in [4.69, 9.17) is 0 Å². The molecule has 1 aliphatic heterocycles. The van der Waals surface area contributed by atoms with E-state index in [9.17, 15) is 53.8 Å². The number of carboxylic acid groups (broad SMARTS) is 1. The number of carbonyl (C=O) groups is 2. The molecule has 248 valence electrons. The van der Waals surface area contributed by atoms with Crippen LogP contribution in [-0.2, 0) is 36.3 Å². The summed E-state index contributed by atoms with van der Waals surface area (Å²) in [6, 6.07) is 5.10. The number of halogens is 8. The van der Waals surface area contributed by atoms with Gasteiger partial charge in [0.1, 0.15) is 10.6 Å². The molecule has 0 radical (unpaired) electrons. The van der Waals surface area contributed by atoms with Crippen LogP contribution in [0.4, 0.5) is 35.1 Å². The van der Waals surface area contributed by atoms with Crippen molar-refractivity contribution < 1.29 is 58.2 Å². The van der Waals surface area contributed by atoms with Crippen molar-refractivity contribution >= 4 is 21.7 Å². The van der Waals surface area contributed by atoms with Crippen molar-refractivity contribution in [1.82, 2.24) is 4.90 Å². The molecule has 1 saturated carbocycles. The van der Waals surface area contributed by atoms with Gasteiger partial charge in [-0.15, -0.1) is 0 Å². The summed E-state index contributed by atoms with van der Waals surface area (Å²) in [5, 5.41) is 9.28. The topological polar surface area (TPSA) is 91.8 Å². The summed E-state index contributed by atoms with van der Waals surface area (Å²) < 4.78 is 137. The van der Waals surface area contributed by atoms with Gasteiger partial charge in [0, 0.05) is 24.6 Å². The normalized spacial score (nSPS) is 23.3. The van der Waals surface area contributed by atoms with E-state index in [2.05, 4.69) is 0 Å². The van der Waals surface area contributed by atoms with Gasteiger partial charge < -0.3 is 10.0 Å². The Morgan fingerprint density at radius 2 is 1.47 bits per heavy atom. The number of nitrogens with zero attached hydrogens (tertiary/aromatic N) is 1. The van der Waals surface area contributed by atoms with E-state index in [1.54, 1.807) is 6.92 Å². The zero-order chi connectivity index (χ0) is 33.6. The fraction of sp³-hybridized carbons (Fsp3) is 0.533. The summed E-state index contributed by atoms with van der Waals surface area (Å²) in [4.78, 5) is 25.8. The molecule has 1 N–H and O–H groups in total. The largest absolute Gasteiger partial charge is 0.481 e. The van der Waals surface area contributed by atoms with E-state index in [0.717, 1.165) is 30.3 Å². The second-order valence-electron chi connectivity index (χ2n) is 11.6. The number of carbonyl (C=O) groups excluding carboxylic acids is 1. The number of carboxylic acids is 1. The highest BCUT2D eigenvalue weighted by atomic mass is 32.2. The Morgan fingerprint density at radius 1 is 0.911 bits per heavy atom. The van der Waals surface area contributed by atoms with E-state index in [0.29, 0.717) is 6.07 Å². The van der Waals surface area contributed by atoms with E-state index >= 15 is 4.39 Å². The summed E-state index contributed by atoms with van der Waals surface area (Å²) in [6.07, 6.45) is -12.2. The smallest absolute Gasteiger partial charge is 0.435 e. The molecule has 1 saturated heterocycles. The lowest BCUT2D eigenvalue weighted by molar-refractivity contribution is -0.348. The predicted molar refractivity (Wildman–Crippen MR) is 145 cm³/mol. The van der Waals surface area contributed by atoms with Crippen LogP contribution in [0.5, 0.6) is 0 Å². The van der Waals surface area contributed by atoms with Crippen LogP contribution < -0.4 is 0 Å². The number of hydrogen-bond acceptors (Lipinski definition) is 4. The predicted octanol–water partition coefficient (Wildman–Crippen LogP) is 6.86. The summed E-state index contributed by atoms with van der Waals surface area (Å²) in [5.41, 5.74) is -7.96. The average molecular weight is 670 g/mol. The maximum absolute atomic E-state index is 15.1. The summed E-state index contributed by atoms with van der Waals surface area (Å²) in [7, 11) is -4.61. The first-order chi connectivity index (χ1) is 20.8. The molecule has 15 heteroatoms. The molecule has 1 amide bonds. The number of aliphatic carboxylic acids is 1. The molecule has 1 atom stereocenters. The molecule has 0 aromatic heterocycles. The van der Waals surface area contributed by atoms with Crippen LogP contribution in [0.2, 0.25) is 0 Å². The molecular weight excluding hydrogens is 638 g/mol. The lowest BCUT2D eigenvalue weighted by Crippen LogP contribution is -2.50. The van der Waals surface area contributed by atoms with E-state index in [1.807, 2.05) is 0 Å². The number of sulfone groups is 1. The zero-order valence-corrected chi connectivity index (χ0v) is 24.8. The number of alkyl halides is 7. The van der Waals surface area contributed by atoms with Crippen LogP contribution in [0.3, 0.4) is 0 Å². The van der Waals surface area contributed by atoms with Gasteiger partial charge >= 0.3 is 24.0 Å². The molecule has 1 heterocycles. The number of rotatable bonds is 8. The van der Waals surface area contributed by atoms with Gasteiger partial charge in [-0.1, -0.05) is 31.5 Å². The van der Waals surface area contributed by atoms with E-state index < -0.39 is 79.1 Å². The number of benzene rings is 2. The van der Waals surface area contributed by atoms with Gasteiger partial charge in [-0.2, -0.15) is 26.3 Å². The number of amides is 1. The van der Waals surface area contributed by atoms with E-state index in [1.165, 1.54) is 4.90 Å². The molecule has 2 aromatic rings.